The summed E-state index contributed by atoms with van der Waals surface area (Å²) >= 11 is 0. The lowest BCUT2D eigenvalue weighted by Crippen LogP contribution is -2.34. The van der Waals surface area contributed by atoms with Gasteiger partial charge in [0.15, 0.2) is 5.82 Å². The number of imidazole rings is 1. The molecular formula is C53H95N7O4. The van der Waals surface area contributed by atoms with Crippen molar-refractivity contribution in [3.63, 3.8) is 0 Å². The number of nitrogens with one attached hydrogen (secondary N) is 1. The number of hydrogen-bond acceptors (Lipinski definition) is 10. The van der Waals surface area contributed by atoms with Crippen LogP contribution in [0, 0.1) is 0 Å². The highest BCUT2D eigenvalue weighted by atomic mass is 16.6. The Morgan fingerprint density at radius 1 is 0.656 bits per heavy atom. The molecule has 0 saturated heterocycles. The third kappa shape index (κ3) is 23.1. The van der Waals surface area contributed by atoms with Crippen molar-refractivity contribution in [2.75, 3.05) is 78.0 Å². The minimum atomic E-state index is -0.746. The fraction of sp³-hybridized carbons (Fsp3) is 0.792. The number of para-hydroxylation sites is 1. The highest BCUT2D eigenvalue weighted by Gasteiger charge is 2.27. The van der Waals surface area contributed by atoms with Crippen molar-refractivity contribution < 1.29 is 19.0 Å². The number of hydrogen-bond donors (Lipinski definition) is 2. The Hall–Kier alpha value is -2.83. The van der Waals surface area contributed by atoms with Crippen LogP contribution in [0.25, 0.3) is 21.9 Å². The summed E-state index contributed by atoms with van der Waals surface area (Å²) in [5.41, 5.74) is 8.11. The van der Waals surface area contributed by atoms with Gasteiger partial charge in [-0.25, -0.2) is 9.97 Å². The SMILES string of the molecule is CCCCCCCCCCCN(CC)CCOCCOCCN(CCCCCCCCCCC)CCCCCC(=O)OC(C)(C)Cn1c(CNCC)nc2c(N)nc3ccccc3c21. The summed E-state index contributed by atoms with van der Waals surface area (Å²) in [5.74, 6) is 1.11. The van der Waals surface area contributed by atoms with Gasteiger partial charge in [0.25, 0.3) is 0 Å². The molecule has 0 amide bonds. The molecule has 0 aliphatic heterocycles. The summed E-state index contributed by atoms with van der Waals surface area (Å²) in [6.45, 7) is 23.9. The third-order valence-corrected chi connectivity index (χ3v) is 12.6. The second-order valence-electron chi connectivity index (χ2n) is 18.8. The van der Waals surface area contributed by atoms with Gasteiger partial charge >= 0.3 is 5.97 Å². The van der Waals surface area contributed by atoms with Crippen molar-refractivity contribution in [1.29, 1.82) is 0 Å². The molecular weight excluding hydrogens is 799 g/mol. The maximum absolute atomic E-state index is 13.3. The van der Waals surface area contributed by atoms with E-state index >= 15 is 0 Å². The van der Waals surface area contributed by atoms with Crippen molar-refractivity contribution in [3.8, 4) is 0 Å². The zero-order chi connectivity index (χ0) is 46.1. The minimum absolute atomic E-state index is 0.155. The maximum atomic E-state index is 13.3. The van der Waals surface area contributed by atoms with Crippen LogP contribution in [0.3, 0.4) is 0 Å². The molecule has 0 fully saturated rings. The van der Waals surface area contributed by atoms with Crippen LogP contribution in [0.5, 0.6) is 0 Å². The summed E-state index contributed by atoms with van der Waals surface area (Å²) in [7, 11) is 0. The van der Waals surface area contributed by atoms with Gasteiger partial charge in [-0.2, -0.15) is 0 Å². The first kappa shape index (κ1) is 55.5. The molecule has 0 aliphatic rings. The van der Waals surface area contributed by atoms with Crippen molar-refractivity contribution in [1.82, 2.24) is 29.7 Å². The first-order chi connectivity index (χ1) is 31.2. The largest absolute Gasteiger partial charge is 0.458 e. The fourth-order valence-corrected chi connectivity index (χ4v) is 8.77. The van der Waals surface area contributed by atoms with E-state index in [0.717, 1.165) is 94.0 Å². The Bertz CT molecular complexity index is 1630. The number of carbonyl (C=O) groups excluding carboxylic acids is 1. The van der Waals surface area contributed by atoms with Crippen LogP contribution in [-0.4, -0.2) is 108 Å². The van der Waals surface area contributed by atoms with Gasteiger partial charge in [-0.05, 0) is 78.3 Å². The van der Waals surface area contributed by atoms with Gasteiger partial charge in [-0.1, -0.05) is 155 Å². The Morgan fingerprint density at radius 2 is 1.17 bits per heavy atom. The molecule has 366 valence electrons. The number of unbranched alkanes of at least 4 members (excludes halogenated alkanes) is 18. The zero-order valence-corrected chi connectivity index (χ0v) is 42.0. The average Bonchev–Trinajstić information content (AvgIpc) is 3.64. The maximum Gasteiger partial charge on any atom is 0.306 e. The van der Waals surface area contributed by atoms with Crippen molar-refractivity contribution in [3.05, 3.63) is 30.1 Å². The van der Waals surface area contributed by atoms with Crippen LogP contribution in [0.4, 0.5) is 5.82 Å². The van der Waals surface area contributed by atoms with Crippen molar-refractivity contribution >= 4 is 33.7 Å². The summed E-state index contributed by atoms with van der Waals surface area (Å²) < 4.78 is 20.4. The number of nitrogen functional groups attached to an aromatic ring is 1. The number of benzene rings is 1. The highest BCUT2D eigenvalue weighted by Crippen LogP contribution is 2.31. The molecule has 0 saturated carbocycles. The quantitative estimate of drug-likeness (QED) is 0.0420. The number of pyridine rings is 1. The molecule has 3 N–H and O–H groups in total. The first-order valence-electron chi connectivity index (χ1n) is 26.3. The highest BCUT2D eigenvalue weighted by molar-refractivity contribution is 6.06. The van der Waals surface area contributed by atoms with E-state index in [-0.39, 0.29) is 5.97 Å². The van der Waals surface area contributed by atoms with Crippen LogP contribution >= 0.6 is 0 Å². The number of nitrogens with zero attached hydrogens (tertiary/aromatic N) is 5. The minimum Gasteiger partial charge on any atom is -0.458 e. The topological polar surface area (TPSA) is 120 Å². The molecule has 2 aromatic heterocycles. The lowest BCUT2D eigenvalue weighted by molar-refractivity contribution is -0.157. The molecule has 0 aliphatic carbocycles. The molecule has 3 rings (SSSR count). The predicted molar refractivity (Wildman–Crippen MR) is 270 cm³/mol. The van der Waals surface area contributed by atoms with E-state index in [4.69, 9.17) is 24.9 Å². The van der Waals surface area contributed by atoms with E-state index in [2.05, 4.69) is 58.4 Å². The van der Waals surface area contributed by atoms with Gasteiger partial charge in [-0.3, -0.25) is 4.79 Å². The van der Waals surface area contributed by atoms with E-state index in [9.17, 15) is 4.79 Å². The lowest BCUT2D eigenvalue weighted by Gasteiger charge is -2.27. The number of likely N-dealkylation sites (N-methyl/N-ethyl adjacent to an activating group) is 1. The standard InChI is InChI=1S/C53H95N7O4/c1-7-11-13-15-17-19-21-23-29-35-58(10-4)38-40-62-42-43-63-41-39-59(36-30-24-22-20-18-16-14-12-8-2)37-31-25-26-34-49(61)64-53(5,6)45-60-48(44-55-9-3)57-50-51(60)46-32-27-28-33-47(46)56-52(50)54/h27-28,32-33,55H,7-26,29-31,34-45H2,1-6H3,(H2,54,56). The predicted octanol–water partition coefficient (Wildman–Crippen LogP) is 11.9. The molecule has 64 heavy (non-hydrogen) atoms. The summed E-state index contributed by atoms with van der Waals surface area (Å²) in [5, 5.41) is 4.39. The second-order valence-corrected chi connectivity index (χ2v) is 18.8. The lowest BCUT2D eigenvalue weighted by atomic mass is 10.1. The molecule has 1 aromatic carbocycles. The Labute approximate surface area is 390 Å². The number of aromatic nitrogens is 3. The van der Waals surface area contributed by atoms with Crippen LogP contribution in [0.2, 0.25) is 0 Å². The Kier molecular flexibility index (Phi) is 29.9. The number of ether oxygens (including phenoxy) is 3. The van der Waals surface area contributed by atoms with E-state index in [1.165, 1.54) is 122 Å². The number of rotatable bonds is 42. The Morgan fingerprint density at radius 3 is 1.73 bits per heavy atom. The summed E-state index contributed by atoms with van der Waals surface area (Å²) in [6.07, 6.45) is 27.7. The van der Waals surface area contributed by atoms with Crippen LogP contribution < -0.4 is 11.1 Å². The van der Waals surface area contributed by atoms with Crippen LogP contribution in [-0.2, 0) is 32.1 Å². The molecule has 0 radical (unpaired) electrons. The normalized spacial score (nSPS) is 12.2. The number of carbonyl (C=O) groups is 1. The second kappa shape index (κ2) is 34.5. The van der Waals surface area contributed by atoms with Crippen molar-refractivity contribution in [2.24, 2.45) is 0 Å². The average molecular weight is 894 g/mol. The molecule has 0 unspecified atom stereocenters. The van der Waals surface area contributed by atoms with E-state index in [0.29, 0.717) is 44.1 Å². The molecule has 2 heterocycles. The summed E-state index contributed by atoms with van der Waals surface area (Å²) in [4.78, 5) is 27.9. The summed E-state index contributed by atoms with van der Waals surface area (Å²) in [6, 6.07) is 8.00. The number of anilines is 1. The van der Waals surface area contributed by atoms with Crippen molar-refractivity contribution in [2.45, 2.75) is 201 Å². The zero-order valence-electron chi connectivity index (χ0n) is 42.0. The monoisotopic (exact) mass is 894 g/mol. The number of fused-ring (bicyclic) bond motifs is 3. The molecule has 0 atom stereocenters. The molecule has 11 heteroatoms. The third-order valence-electron chi connectivity index (χ3n) is 12.6. The Balaban J connectivity index is 1.38. The van der Waals surface area contributed by atoms with E-state index in [1.54, 1.807) is 0 Å². The fourth-order valence-electron chi connectivity index (χ4n) is 8.77. The molecule has 11 nitrogen and oxygen atoms in total. The van der Waals surface area contributed by atoms with Gasteiger partial charge < -0.3 is 39.6 Å². The number of esters is 1. The van der Waals surface area contributed by atoms with Gasteiger partial charge in [0.05, 0.1) is 50.6 Å². The van der Waals surface area contributed by atoms with Crippen LogP contribution in [0.1, 0.15) is 189 Å². The van der Waals surface area contributed by atoms with Crippen LogP contribution in [0.15, 0.2) is 24.3 Å². The first-order valence-corrected chi connectivity index (χ1v) is 26.3. The molecule has 0 bridgehead atoms. The van der Waals surface area contributed by atoms with E-state index < -0.39 is 5.60 Å². The van der Waals surface area contributed by atoms with Gasteiger partial charge in [-0.15, -0.1) is 0 Å². The van der Waals surface area contributed by atoms with Gasteiger partial charge in [0, 0.05) is 24.9 Å². The van der Waals surface area contributed by atoms with E-state index in [1.807, 2.05) is 32.0 Å². The molecule has 0 spiro atoms. The number of nitrogens with two attached hydrogens (primary N) is 1. The van der Waals surface area contributed by atoms with Gasteiger partial charge in [0.1, 0.15) is 16.9 Å². The van der Waals surface area contributed by atoms with Gasteiger partial charge in [0.2, 0.25) is 0 Å². The smallest absolute Gasteiger partial charge is 0.306 e. The molecule has 3 aromatic rings.